The lowest BCUT2D eigenvalue weighted by Crippen LogP contribution is -2.47. The number of carboxylic acids is 1. The average Bonchev–Trinajstić information content (AvgIpc) is 2.90. The largest absolute Gasteiger partial charge is 0.480 e. The molecule has 0 saturated carbocycles. The number of hydrogen-bond acceptors (Lipinski definition) is 5. The van der Waals surface area contributed by atoms with E-state index in [2.05, 4.69) is 10.2 Å². The highest BCUT2D eigenvalue weighted by molar-refractivity contribution is 5.97. The van der Waals surface area contributed by atoms with Gasteiger partial charge in [0, 0.05) is 12.1 Å². The third kappa shape index (κ3) is 3.03. The number of aliphatic carboxylic acids is 1. The molecule has 1 aliphatic heterocycles. The summed E-state index contributed by atoms with van der Waals surface area (Å²) in [5.74, 6) is 0.671. The number of nitrogens with zero attached hydrogens (tertiary/aromatic N) is 4. The SMILES string of the molecule is CC(=O)c1c(C)cc(C)c(CN2Cc3nnc(C)n3CC2C(=O)O)c1C. The fourth-order valence-electron chi connectivity index (χ4n) is 3.97. The Bertz CT molecular complexity index is 901. The molecule has 1 N–H and O–H groups in total. The number of benzene rings is 1. The number of ketones is 1. The molecule has 1 aromatic carbocycles. The van der Waals surface area contributed by atoms with Gasteiger partial charge in [-0.05, 0) is 56.9 Å². The highest BCUT2D eigenvalue weighted by atomic mass is 16.4. The molecule has 0 bridgehead atoms. The maximum Gasteiger partial charge on any atom is 0.322 e. The number of carbonyl (C=O) groups excluding carboxylic acids is 1. The molecule has 0 radical (unpaired) electrons. The van der Waals surface area contributed by atoms with Crippen molar-refractivity contribution in [1.82, 2.24) is 19.7 Å². The van der Waals surface area contributed by atoms with Gasteiger partial charge in [-0.15, -0.1) is 10.2 Å². The summed E-state index contributed by atoms with van der Waals surface area (Å²) in [4.78, 5) is 25.8. The van der Waals surface area contributed by atoms with Crippen LogP contribution in [0.5, 0.6) is 0 Å². The average molecular weight is 356 g/mol. The zero-order chi connectivity index (χ0) is 19.2. The summed E-state index contributed by atoms with van der Waals surface area (Å²) < 4.78 is 1.87. The van der Waals surface area contributed by atoms with E-state index in [1.54, 1.807) is 6.92 Å². The molecule has 1 aliphatic rings. The Morgan fingerprint density at radius 2 is 1.88 bits per heavy atom. The fourth-order valence-corrected chi connectivity index (χ4v) is 3.97. The van der Waals surface area contributed by atoms with E-state index in [-0.39, 0.29) is 5.78 Å². The van der Waals surface area contributed by atoms with Gasteiger partial charge in [0.1, 0.15) is 17.7 Å². The van der Waals surface area contributed by atoms with E-state index in [0.29, 0.717) is 19.6 Å². The Balaban J connectivity index is 2.01. The number of hydrogen-bond donors (Lipinski definition) is 1. The van der Waals surface area contributed by atoms with Crippen LogP contribution in [-0.2, 0) is 24.4 Å². The molecule has 0 spiro atoms. The summed E-state index contributed by atoms with van der Waals surface area (Å²) in [7, 11) is 0. The summed E-state index contributed by atoms with van der Waals surface area (Å²) in [6, 6.07) is 1.35. The predicted molar refractivity (Wildman–Crippen MR) is 96.1 cm³/mol. The van der Waals surface area contributed by atoms with Crippen molar-refractivity contribution < 1.29 is 14.7 Å². The Morgan fingerprint density at radius 3 is 2.50 bits per heavy atom. The molecule has 0 aliphatic carbocycles. The van der Waals surface area contributed by atoms with Crippen LogP contribution in [0.15, 0.2) is 6.07 Å². The molecule has 1 atom stereocenters. The molecule has 1 aromatic heterocycles. The maximum atomic E-state index is 12.1. The van der Waals surface area contributed by atoms with E-state index >= 15 is 0 Å². The van der Waals surface area contributed by atoms with Gasteiger partial charge in [0.25, 0.3) is 0 Å². The standard InChI is InChI=1S/C19H24N4O3/c1-10-6-11(2)18(13(4)24)12(3)15(10)7-22-9-17-21-20-14(5)23(17)8-16(22)19(25)26/h6,16H,7-9H2,1-5H3,(H,25,26). The van der Waals surface area contributed by atoms with Crippen LogP contribution in [0.25, 0.3) is 0 Å². The van der Waals surface area contributed by atoms with Crippen molar-refractivity contribution >= 4 is 11.8 Å². The molecular weight excluding hydrogens is 332 g/mol. The van der Waals surface area contributed by atoms with Gasteiger partial charge in [0.15, 0.2) is 5.78 Å². The van der Waals surface area contributed by atoms with Gasteiger partial charge in [-0.1, -0.05) is 6.07 Å². The molecule has 7 nitrogen and oxygen atoms in total. The highest BCUT2D eigenvalue weighted by Crippen LogP contribution is 2.27. The zero-order valence-corrected chi connectivity index (χ0v) is 15.8. The van der Waals surface area contributed by atoms with Gasteiger partial charge < -0.3 is 9.67 Å². The van der Waals surface area contributed by atoms with Crippen molar-refractivity contribution in [2.75, 3.05) is 0 Å². The van der Waals surface area contributed by atoms with E-state index in [1.807, 2.05) is 43.2 Å². The number of carbonyl (C=O) groups is 2. The van der Waals surface area contributed by atoms with E-state index in [1.165, 1.54) is 0 Å². The van der Waals surface area contributed by atoms with Crippen molar-refractivity contribution in [2.45, 2.75) is 60.3 Å². The van der Waals surface area contributed by atoms with Crippen molar-refractivity contribution in [3.63, 3.8) is 0 Å². The van der Waals surface area contributed by atoms with Crippen LogP contribution in [0.1, 0.15) is 51.2 Å². The van der Waals surface area contributed by atoms with E-state index in [4.69, 9.17) is 0 Å². The Morgan fingerprint density at radius 1 is 1.19 bits per heavy atom. The quantitative estimate of drug-likeness (QED) is 0.845. The van der Waals surface area contributed by atoms with Crippen LogP contribution in [0, 0.1) is 27.7 Å². The van der Waals surface area contributed by atoms with Crippen molar-refractivity contribution in [1.29, 1.82) is 0 Å². The second-order valence-corrected chi connectivity index (χ2v) is 7.08. The van der Waals surface area contributed by atoms with Crippen molar-refractivity contribution in [2.24, 2.45) is 0 Å². The summed E-state index contributed by atoms with van der Waals surface area (Å²) >= 11 is 0. The molecule has 0 saturated heterocycles. The van der Waals surface area contributed by atoms with Gasteiger partial charge in [0.2, 0.25) is 0 Å². The minimum Gasteiger partial charge on any atom is -0.480 e. The smallest absolute Gasteiger partial charge is 0.322 e. The lowest BCUT2D eigenvalue weighted by atomic mass is 9.91. The number of rotatable bonds is 4. The number of carboxylic acid groups (broad SMARTS) is 1. The fraction of sp³-hybridized carbons (Fsp3) is 0.474. The molecule has 0 fully saturated rings. The number of fused-ring (bicyclic) bond motifs is 1. The summed E-state index contributed by atoms with van der Waals surface area (Å²) in [5.41, 5.74) is 4.70. The Labute approximate surface area is 152 Å². The maximum absolute atomic E-state index is 12.1. The van der Waals surface area contributed by atoms with Gasteiger partial charge in [-0.2, -0.15) is 0 Å². The number of aromatic nitrogens is 3. The molecule has 26 heavy (non-hydrogen) atoms. The van der Waals surface area contributed by atoms with Crippen LogP contribution in [-0.4, -0.2) is 42.6 Å². The highest BCUT2D eigenvalue weighted by Gasteiger charge is 2.34. The minimum atomic E-state index is -0.863. The summed E-state index contributed by atoms with van der Waals surface area (Å²) in [6.45, 7) is 10.5. The van der Waals surface area contributed by atoms with Crippen molar-refractivity contribution in [3.8, 4) is 0 Å². The molecule has 0 amide bonds. The van der Waals surface area contributed by atoms with Gasteiger partial charge >= 0.3 is 5.97 Å². The van der Waals surface area contributed by atoms with Crippen LogP contribution < -0.4 is 0 Å². The van der Waals surface area contributed by atoms with E-state index < -0.39 is 12.0 Å². The number of aryl methyl sites for hydroxylation is 3. The topological polar surface area (TPSA) is 88.3 Å². The van der Waals surface area contributed by atoms with E-state index in [0.717, 1.165) is 39.5 Å². The molecule has 7 heteroatoms. The first-order valence-electron chi connectivity index (χ1n) is 8.66. The van der Waals surface area contributed by atoms with Gasteiger partial charge in [-0.25, -0.2) is 0 Å². The third-order valence-electron chi connectivity index (χ3n) is 5.28. The molecule has 2 heterocycles. The first kappa shape index (κ1) is 18.3. The normalized spacial score (nSPS) is 17.2. The first-order chi connectivity index (χ1) is 12.2. The van der Waals surface area contributed by atoms with Crippen LogP contribution in [0.2, 0.25) is 0 Å². The molecular formula is C19H24N4O3. The molecule has 1 unspecified atom stereocenters. The van der Waals surface area contributed by atoms with Crippen molar-refractivity contribution in [3.05, 3.63) is 45.5 Å². The van der Waals surface area contributed by atoms with Crippen LogP contribution in [0.3, 0.4) is 0 Å². The molecule has 138 valence electrons. The lowest BCUT2D eigenvalue weighted by molar-refractivity contribution is -0.145. The molecule has 3 rings (SSSR count). The second-order valence-electron chi connectivity index (χ2n) is 7.08. The first-order valence-corrected chi connectivity index (χ1v) is 8.66. The monoisotopic (exact) mass is 356 g/mol. The Hall–Kier alpha value is -2.54. The molecule has 2 aromatic rings. The lowest BCUT2D eigenvalue weighted by Gasteiger charge is -2.34. The number of Topliss-reactive ketones (excluding diaryl/α,β-unsaturated/α-hetero) is 1. The summed E-state index contributed by atoms with van der Waals surface area (Å²) in [5, 5.41) is 18.0. The van der Waals surface area contributed by atoms with Gasteiger partial charge in [0.05, 0.1) is 13.1 Å². The zero-order valence-electron chi connectivity index (χ0n) is 15.8. The Kier molecular flexibility index (Phi) is 4.66. The van der Waals surface area contributed by atoms with E-state index in [9.17, 15) is 14.7 Å². The van der Waals surface area contributed by atoms with Crippen LogP contribution >= 0.6 is 0 Å². The predicted octanol–water partition coefficient (Wildman–Crippen LogP) is 2.18. The summed E-state index contributed by atoms with van der Waals surface area (Å²) in [6.07, 6.45) is 0. The van der Waals surface area contributed by atoms with Crippen LogP contribution in [0.4, 0.5) is 0 Å². The minimum absolute atomic E-state index is 0.0325. The second kappa shape index (κ2) is 6.64. The van der Waals surface area contributed by atoms with Gasteiger partial charge in [-0.3, -0.25) is 14.5 Å². The third-order valence-corrected chi connectivity index (χ3v) is 5.28.